The number of aryl methyl sites for hydroxylation is 1. The van der Waals surface area contributed by atoms with E-state index in [4.69, 9.17) is 5.26 Å². The standard InChI is InChI=1S/C21H19N3O3/c1-14-7-8-17-18(10-14)21(27)24(20(17)26)9-3-6-19(25)23-13-16-5-2-4-15(11-16)12-22/h2,4-5,7-8,10-11H,3,6,9,13H2,1H3,(H,23,25). The Morgan fingerprint density at radius 3 is 2.67 bits per heavy atom. The van der Waals surface area contributed by atoms with Crippen LogP contribution in [-0.2, 0) is 11.3 Å². The highest BCUT2D eigenvalue weighted by Crippen LogP contribution is 2.24. The van der Waals surface area contributed by atoms with Gasteiger partial charge in [0.05, 0.1) is 22.8 Å². The zero-order valence-corrected chi connectivity index (χ0v) is 15.0. The summed E-state index contributed by atoms with van der Waals surface area (Å²) in [4.78, 5) is 37.9. The van der Waals surface area contributed by atoms with Crippen molar-refractivity contribution < 1.29 is 14.4 Å². The van der Waals surface area contributed by atoms with Crippen molar-refractivity contribution >= 4 is 17.7 Å². The van der Waals surface area contributed by atoms with Crippen LogP contribution in [0.2, 0.25) is 0 Å². The molecule has 0 bridgehead atoms. The summed E-state index contributed by atoms with van der Waals surface area (Å²) in [6.07, 6.45) is 0.610. The Kier molecular flexibility index (Phi) is 5.32. The van der Waals surface area contributed by atoms with Gasteiger partial charge in [-0.05, 0) is 43.2 Å². The lowest BCUT2D eigenvalue weighted by molar-refractivity contribution is -0.121. The topological polar surface area (TPSA) is 90.3 Å². The number of amides is 3. The van der Waals surface area contributed by atoms with E-state index in [0.29, 0.717) is 29.7 Å². The number of nitriles is 1. The Morgan fingerprint density at radius 2 is 1.89 bits per heavy atom. The molecule has 136 valence electrons. The number of imide groups is 1. The van der Waals surface area contributed by atoms with E-state index in [1.807, 2.05) is 19.1 Å². The molecule has 1 aliphatic rings. The molecule has 0 spiro atoms. The minimum absolute atomic E-state index is 0.162. The Labute approximate surface area is 157 Å². The van der Waals surface area contributed by atoms with Crippen molar-refractivity contribution in [3.05, 3.63) is 70.3 Å². The van der Waals surface area contributed by atoms with E-state index in [1.54, 1.807) is 30.3 Å². The zero-order chi connectivity index (χ0) is 19.4. The maximum atomic E-state index is 12.4. The molecule has 1 heterocycles. The molecule has 2 aromatic rings. The van der Waals surface area contributed by atoms with Gasteiger partial charge in [0.15, 0.2) is 0 Å². The third kappa shape index (κ3) is 4.04. The molecule has 27 heavy (non-hydrogen) atoms. The minimum atomic E-state index is -0.302. The number of benzene rings is 2. The molecule has 0 saturated heterocycles. The van der Waals surface area contributed by atoms with Crippen LogP contribution in [-0.4, -0.2) is 29.2 Å². The maximum Gasteiger partial charge on any atom is 0.261 e. The van der Waals surface area contributed by atoms with Gasteiger partial charge in [0, 0.05) is 19.5 Å². The minimum Gasteiger partial charge on any atom is -0.352 e. The molecule has 0 fully saturated rings. The molecule has 3 rings (SSSR count). The van der Waals surface area contributed by atoms with Crippen molar-refractivity contribution in [1.29, 1.82) is 5.26 Å². The number of nitrogens with zero attached hydrogens (tertiary/aromatic N) is 2. The smallest absolute Gasteiger partial charge is 0.261 e. The van der Waals surface area contributed by atoms with E-state index in [2.05, 4.69) is 11.4 Å². The first-order valence-corrected chi connectivity index (χ1v) is 8.72. The molecule has 0 aromatic heterocycles. The lowest BCUT2D eigenvalue weighted by Gasteiger charge is -2.13. The average Bonchev–Trinajstić information content (AvgIpc) is 2.90. The average molecular weight is 361 g/mol. The van der Waals surface area contributed by atoms with Gasteiger partial charge in [0.25, 0.3) is 11.8 Å². The highest BCUT2D eigenvalue weighted by atomic mass is 16.2. The second kappa shape index (κ2) is 7.83. The van der Waals surface area contributed by atoms with E-state index in [1.165, 1.54) is 4.90 Å². The summed E-state index contributed by atoms with van der Waals surface area (Å²) in [6, 6.07) is 14.3. The first kappa shape index (κ1) is 18.3. The number of carbonyl (C=O) groups is 3. The second-order valence-electron chi connectivity index (χ2n) is 6.50. The van der Waals surface area contributed by atoms with Gasteiger partial charge in [0.2, 0.25) is 5.91 Å². The highest BCUT2D eigenvalue weighted by molar-refractivity contribution is 6.21. The van der Waals surface area contributed by atoms with E-state index in [9.17, 15) is 14.4 Å². The summed E-state index contributed by atoms with van der Waals surface area (Å²) in [5.41, 5.74) is 3.17. The number of rotatable bonds is 6. The molecule has 6 nitrogen and oxygen atoms in total. The van der Waals surface area contributed by atoms with Crippen LogP contribution in [0.1, 0.15) is 50.2 Å². The summed E-state index contributed by atoms with van der Waals surface area (Å²) < 4.78 is 0. The fourth-order valence-corrected chi connectivity index (χ4v) is 3.05. The number of carbonyl (C=O) groups excluding carboxylic acids is 3. The summed E-state index contributed by atoms with van der Waals surface area (Å²) in [5, 5.41) is 11.7. The molecule has 2 aromatic carbocycles. The normalized spacial score (nSPS) is 12.7. The Hall–Kier alpha value is -3.46. The molecule has 0 unspecified atom stereocenters. The highest BCUT2D eigenvalue weighted by Gasteiger charge is 2.34. The van der Waals surface area contributed by atoms with Crippen LogP contribution in [0.5, 0.6) is 0 Å². The van der Waals surface area contributed by atoms with E-state index < -0.39 is 0 Å². The Bertz CT molecular complexity index is 959. The molecule has 0 aliphatic carbocycles. The second-order valence-corrected chi connectivity index (χ2v) is 6.50. The van der Waals surface area contributed by atoms with Crippen molar-refractivity contribution in [1.82, 2.24) is 10.2 Å². The summed E-state index contributed by atoms with van der Waals surface area (Å²) in [7, 11) is 0. The molecule has 0 atom stereocenters. The van der Waals surface area contributed by atoms with Gasteiger partial charge >= 0.3 is 0 Å². The maximum absolute atomic E-state index is 12.4. The first-order chi connectivity index (χ1) is 13.0. The lowest BCUT2D eigenvalue weighted by atomic mass is 10.1. The van der Waals surface area contributed by atoms with Crippen LogP contribution in [0.4, 0.5) is 0 Å². The van der Waals surface area contributed by atoms with Gasteiger partial charge in [-0.25, -0.2) is 0 Å². The SMILES string of the molecule is Cc1ccc2c(c1)C(=O)N(CCCC(=O)NCc1cccc(C#N)c1)C2=O. The van der Waals surface area contributed by atoms with Gasteiger partial charge in [-0.2, -0.15) is 5.26 Å². The van der Waals surface area contributed by atoms with Crippen molar-refractivity contribution in [3.63, 3.8) is 0 Å². The molecule has 0 saturated carbocycles. The van der Waals surface area contributed by atoms with Crippen LogP contribution in [0, 0.1) is 18.3 Å². The summed E-state index contributed by atoms with van der Waals surface area (Å²) in [6.45, 7) is 2.42. The zero-order valence-electron chi connectivity index (χ0n) is 15.0. The van der Waals surface area contributed by atoms with Gasteiger partial charge in [0.1, 0.15) is 0 Å². The van der Waals surface area contributed by atoms with E-state index in [-0.39, 0.29) is 30.7 Å². The Morgan fingerprint density at radius 1 is 1.11 bits per heavy atom. The van der Waals surface area contributed by atoms with Crippen molar-refractivity contribution in [2.24, 2.45) is 0 Å². The summed E-state index contributed by atoms with van der Waals surface area (Å²) >= 11 is 0. The predicted octanol–water partition coefficient (Wildman–Crippen LogP) is 2.56. The molecule has 0 radical (unpaired) electrons. The van der Waals surface area contributed by atoms with Gasteiger partial charge in [-0.15, -0.1) is 0 Å². The molecular formula is C21H19N3O3. The fraction of sp³-hybridized carbons (Fsp3) is 0.238. The van der Waals surface area contributed by atoms with Crippen molar-refractivity contribution in [2.75, 3.05) is 6.54 Å². The van der Waals surface area contributed by atoms with Crippen LogP contribution >= 0.6 is 0 Å². The van der Waals surface area contributed by atoms with Crippen LogP contribution in [0.3, 0.4) is 0 Å². The molecular weight excluding hydrogens is 342 g/mol. The molecule has 3 amide bonds. The van der Waals surface area contributed by atoms with Crippen molar-refractivity contribution in [3.8, 4) is 6.07 Å². The van der Waals surface area contributed by atoms with Crippen molar-refractivity contribution in [2.45, 2.75) is 26.3 Å². The van der Waals surface area contributed by atoms with Crippen LogP contribution < -0.4 is 5.32 Å². The van der Waals surface area contributed by atoms with Gasteiger partial charge < -0.3 is 5.32 Å². The van der Waals surface area contributed by atoms with Gasteiger partial charge in [-0.1, -0.05) is 23.8 Å². The van der Waals surface area contributed by atoms with E-state index in [0.717, 1.165) is 11.1 Å². The molecule has 6 heteroatoms. The number of hydrogen-bond donors (Lipinski definition) is 1. The fourth-order valence-electron chi connectivity index (χ4n) is 3.05. The summed E-state index contributed by atoms with van der Waals surface area (Å²) in [5.74, 6) is -0.763. The quantitative estimate of drug-likeness (QED) is 0.801. The Balaban J connectivity index is 1.48. The predicted molar refractivity (Wildman–Crippen MR) is 98.8 cm³/mol. The number of hydrogen-bond acceptors (Lipinski definition) is 4. The van der Waals surface area contributed by atoms with Crippen LogP contribution in [0.25, 0.3) is 0 Å². The lowest BCUT2D eigenvalue weighted by Crippen LogP contribution is -2.32. The molecule has 1 aliphatic heterocycles. The number of fused-ring (bicyclic) bond motifs is 1. The number of nitrogens with one attached hydrogen (secondary N) is 1. The molecule has 1 N–H and O–H groups in total. The third-order valence-corrected chi connectivity index (χ3v) is 4.46. The largest absolute Gasteiger partial charge is 0.352 e. The first-order valence-electron chi connectivity index (χ1n) is 8.72. The van der Waals surface area contributed by atoms with E-state index >= 15 is 0 Å². The van der Waals surface area contributed by atoms with Crippen LogP contribution in [0.15, 0.2) is 42.5 Å². The third-order valence-electron chi connectivity index (χ3n) is 4.46. The van der Waals surface area contributed by atoms with Gasteiger partial charge in [-0.3, -0.25) is 19.3 Å². The monoisotopic (exact) mass is 361 g/mol.